The molecule has 2 N–H and O–H groups in total. The van der Waals surface area contributed by atoms with E-state index in [1.54, 1.807) is 0 Å². The van der Waals surface area contributed by atoms with Gasteiger partial charge in [0, 0.05) is 12.5 Å². The Morgan fingerprint density at radius 3 is 2.63 bits per heavy atom. The zero-order valence-corrected chi connectivity index (χ0v) is 11.4. The molecule has 0 bridgehead atoms. The number of aromatic hydroxyl groups is 1. The highest BCUT2D eigenvalue weighted by molar-refractivity contribution is 6.43. The van der Waals surface area contributed by atoms with Crippen molar-refractivity contribution in [1.82, 2.24) is 0 Å². The number of phenols is 1. The Labute approximate surface area is 119 Å². The molecule has 7 heteroatoms. The molecular formula is C12H12Cl2O5. The summed E-state index contributed by atoms with van der Waals surface area (Å²) in [6.45, 7) is 0.214. The Morgan fingerprint density at radius 2 is 2.05 bits per heavy atom. The number of hydrogen-bond acceptors (Lipinski definition) is 4. The third kappa shape index (κ3) is 4.29. The molecule has 0 aliphatic heterocycles. The lowest BCUT2D eigenvalue weighted by atomic mass is 10.2. The number of carboxylic acid groups (broad SMARTS) is 1. The Kier molecular flexibility index (Phi) is 5.92. The third-order valence-electron chi connectivity index (χ3n) is 2.36. The molecule has 0 atom stereocenters. The zero-order valence-electron chi connectivity index (χ0n) is 9.86. The number of benzene rings is 1. The molecule has 0 aliphatic rings. The fourth-order valence-electron chi connectivity index (χ4n) is 1.40. The van der Waals surface area contributed by atoms with Crippen LogP contribution in [0.15, 0.2) is 6.07 Å². The van der Waals surface area contributed by atoms with E-state index in [0.29, 0.717) is 19.1 Å². The molecule has 0 radical (unpaired) electrons. The summed E-state index contributed by atoms with van der Waals surface area (Å²) < 4.78 is 5.30. The van der Waals surface area contributed by atoms with Crippen LogP contribution in [-0.4, -0.2) is 29.1 Å². The summed E-state index contributed by atoms with van der Waals surface area (Å²) in [5, 5.41) is 18.1. The fourth-order valence-corrected chi connectivity index (χ4v) is 1.74. The van der Waals surface area contributed by atoms with Crippen LogP contribution in [0.3, 0.4) is 0 Å². The fraction of sp³-hybridized carbons (Fsp3) is 0.333. The van der Waals surface area contributed by atoms with Crippen molar-refractivity contribution in [3.63, 3.8) is 0 Å². The molecular weight excluding hydrogens is 295 g/mol. The molecule has 0 saturated heterocycles. The maximum absolute atomic E-state index is 10.9. The highest BCUT2D eigenvalue weighted by Gasteiger charge is 2.16. The Balaban J connectivity index is 2.68. The predicted molar refractivity (Wildman–Crippen MR) is 70.5 cm³/mol. The number of halogens is 2. The van der Waals surface area contributed by atoms with Crippen LogP contribution >= 0.6 is 23.2 Å². The smallest absolute Gasteiger partial charge is 0.303 e. The minimum Gasteiger partial charge on any atom is -0.505 e. The zero-order chi connectivity index (χ0) is 14.4. The SMILES string of the molecule is O=Cc1c(OCCCCC(=O)O)cc(Cl)c(Cl)c1O. The Bertz CT molecular complexity index is 487. The minimum atomic E-state index is -0.874. The minimum absolute atomic E-state index is 0.0521. The van der Waals surface area contributed by atoms with Crippen molar-refractivity contribution < 1.29 is 24.5 Å². The maximum Gasteiger partial charge on any atom is 0.303 e. The van der Waals surface area contributed by atoms with Gasteiger partial charge >= 0.3 is 5.97 Å². The van der Waals surface area contributed by atoms with Gasteiger partial charge in [-0.05, 0) is 12.8 Å². The topological polar surface area (TPSA) is 83.8 Å². The number of hydrogen-bond donors (Lipinski definition) is 2. The number of carbonyl (C=O) groups is 2. The monoisotopic (exact) mass is 306 g/mol. The number of unbranched alkanes of at least 4 members (excludes halogenated alkanes) is 1. The second kappa shape index (κ2) is 7.21. The van der Waals surface area contributed by atoms with Crippen LogP contribution in [0.5, 0.6) is 11.5 Å². The van der Waals surface area contributed by atoms with Crippen molar-refractivity contribution in [2.24, 2.45) is 0 Å². The highest BCUT2D eigenvalue weighted by Crippen LogP contribution is 2.39. The first-order valence-electron chi connectivity index (χ1n) is 5.48. The number of aliphatic carboxylic acids is 1. The summed E-state index contributed by atoms with van der Waals surface area (Å²) in [7, 11) is 0. The van der Waals surface area contributed by atoms with Gasteiger partial charge in [0.25, 0.3) is 0 Å². The van der Waals surface area contributed by atoms with Crippen molar-refractivity contribution >= 4 is 35.5 Å². The van der Waals surface area contributed by atoms with Crippen LogP contribution in [-0.2, 0) is 4.79 Å². The highest BCUT2D eigenvalue weighted by atomic mass is 35.5. The van der Waals surface area contributed by atoms with Gasteiger partial charge < -0.3 is 14.9 Å². The second-order valence-corrected chi connectivity index (χ2v) is 4.54. The second-order valence-electron chi connectivity index (χ2n) is 3.75. The molecule has 0 aromatic heterocycles. The molecule has 1 rings (SSSR count). The molecule has 19 heavy (non-hydrogen) atoms. The number of rotatable bonds is 7. The van der Waals surface area contributed by atoms with Gasteiger partial charge in [-0.25, -0.2) is 0 Å². The standard InChI is InChI=1S/C12H12Cl2O5/c13-8-5-9(7(6-15)12(18)11(8)14)19-4-2-1-3-10(16)17/h5-6,18H,1-4H2,(H,16,17). The lowest BCUT2D eigenvalue weighted by Crippen LogP contribution is -2.02. The molecule has 1 aromatic carbocycles. The first-order valence-corrected chi connectivity index (χ1v) is 6.23. The van der Waals surface area contributed by atoms with Crippen LogP contribution in [0, 0.1) is 0 Å². The molecule has 0 amide bonds. The van der Waals surface area contributed by atoms with Gasteiger partial charge in [-0.3, -0.25) is 9.59 Å². The van der Waals surface area contributed by atoms with Crippen LogP contribution < -0.4 is 4.74 Å². The van der Waals surface area contributed by atoms with Crippen LogP contribution in [0.25, 0.3) is 0 Å². The van der Waals surface area contributed by atoms with Crippen molar-refractivity contribution in [1.29, 1.82) is 0 Å². The Hall–Kier alpha value is -1.46. The largest absolute Gasteiger partial charge is 0.505 e. The molecule has 0 spiro atoms. The van der Waals surface area contributed by atoms with Gasteiger partial charge in [0.05, 0.1) is 17.2 Å². The molecule has 1 aromatic rings. The van der Waals surface area contributed by atoms with Crippen molar-refractivity contribution in [3.8, 4) is 11.5 Å². The summed E-state index contributed by atoms with van der Waals surface area (Å²) in [4.78, 5) is 21.2. The molecule has 0 aliphatic carbocycles. The Morgan fingerprint density at radius 1 is 1.37 bits per heavy atom. The average molecular weight is 307 g/mol. The van der Waals surface area contributed by atoms with Gasteiger partial charge in [-0.1, -0.05) is 23.2 Å². The quantitative estimate of drug-likeness (QED) is 0.597. The van der Waals surface area contributed by atoms with Crippen LogP contribution in [0.1, 0.15) is 29.6 Å². The lowest BCUT2D eigenvalue weighted by Gasteiger charge is -2.11. The molecule has 0 heterocycles. The van der Waals surface area contributed by atoms with Crippen molar-refractivity contribution in [3.05, 3.63) is 21.7 Å². The maximum atomic E-state index is 10.9. The van der Waals surface area contributed by atoms with E-state index in [0.717, 1.165) is 0 Å². The van der Waals surface area contributed by atoms with E-state index >= 15 is 0 Å². The number of carbonyl (C=O) groups excluding carboxylic acids is 1. The van der Waals surface area contributed by atoms with Crippen molar-refractivity contribution in [2.75, 3.05) is 6.61 Å². The molecule has 0 saturated carbocycles. The summed E-state index contributed by atoms with van der Waals surface area (Å²) in [6.07, 6.45) is 1.44. The number of phenolic OH excluding ortho intramolecular Hbond substituents is 1. The van der Waals surface area contributed by atoms with E-state index in [1.807, 2.05) is 0 Å². The summed E-state index contributed by atoms with van der Waals surface area (Å²) in [5.74, 6) is -1.18. The van der Waals surface area contributed by atoms with Gasteiger partial charge in [0.2, 0.25) is 0 Å². The summed E-state index contributed by atoms with van der Waals surface area (Å²) in [5.41, 5.74) is -0.0763. The van der Waals surface area contributed by atoms with Crippen LogP contribution in [0.4, 0.5) is 0 Å². The van der Waals surface area contributed by atoms with E-state index in [9.17, 15) is 14.7 Å². The third-order valence-corrected chi connectivity index (χ3v) is 3.13. The number of aldehydes is 1. The van der Waals surface area contributed by atoms with Crippen LogP contribution in [0.2, 0.25) is 10.0 Å². The molecule has 104 valence electrons. The first-order chi connectivity index (χ1) is 8.97. The van der Waals surface area contributed by atoms with Crippen molar-refractivity contribution in [2.45, 2.75) is 19.3 Å². The predicted octanol–water partition coefficient (Wildman–Crippen LogP) is 3.15. The average Bonchev–Trinajstić information content (AvgIpc) is 2.35. The molecule has 0 unspecified atom stereocenters. The van der Waals surface area contributed by atoms with Gasteiger partial charge in [0.15, 0.2) is 6.29 Å². The van der Waals surface area contributed by atoms with Gasteiger partial charge in [-0.15, -0.1) is 0 Å². The van der Waals surface area contributed by atoms with Gasteiger partial charge in [-0.2, -0.15) is 0 Å². The first kappa shape index (κ1) is 15.6. The van der Waals surface area contributed by atoms with E-state index in [2.05, 4.69) is 0 Å². The molecule has 5 nitrogen and oxygen atoms in total. The number of ether oxygens (including phenoxy) is 1. The number of carboxylic acids is 1. The summed E-state index contributed by atoms with van der Waals surface area (Å²) in [6, 6.07) is 1.34. The summed E-state index contributed by atoms with van der Waals surface area (Å²) >= 11 is 11.5. The van der Waals surface area contributed by atoms with E-state index in [4.69, 9.17) is 33.0 Å². The lowest BCUT2D eigenvalue weighted by molar-refractivity contribution is -0.137. The van der Waals surface area contributed by atoms with Gasteiger partial charge in [0.1, 0.15) is 16.5 Å². The normalized spacial score (nSPS) is 10.2. The van der Waals surface area contributed by atoms with E-state index < -0.39 is 11.7 Å². The van der Waals surface area contributed by atoms with E-state index in [1.165, 1.54) is 6.07 Å². The molecule has 0 fully saturated rings. The van der Waals surface area contributed by atoms with E-state index in [-0.39, 0.29) is 34.4 Å².